The van der Waals surface area contributed by atoms with E-state index in [2.05, 4.69) is 11.8 Å². The first kappa shape index (κ1) is 18.2. The maximum atomic E-state index is 13.3. The molecule has 7 heteroatoms. The third kappa shape index (κ3) is 3.78. The fourth-order valence-electron chi connectivity index (χ4n) is 2.76. The van der Waals surface area contributed by atoms with E-state index in [0.717, 1.165) is 0 Å². The van der Waals surface area contributed by atoms with Gasteiger partial charge in [0.1, 0.15) is 11.7 Å². The van der Waals surface area contributed by atoms with Crippen molar-refractivity contribution in [1.82, 2.24) is 0 Å². The summed E-state index contributed by atoms with van der Waals surface area (Å²) in [4.78, 5) is 11.3. The zero-order chi connectivity index (χ0) is 18.9. The van der Waals surface area contributed by atoms with Crippen LogP contribution in [0.1, 0.15) is 16.7 Å². The summed E-state index contributed by atoms with van der Waals surface area (Å²) < 4.78 is 44.8. The largest absolute Gasteiger partial charge is 0.481 e. The highest BCUT2D eigenvalue weighted by Crippen LogP contribution is 2.41. The third-order valence-electron chi connectivity index (χ3n) is 3.94. The topological polar surface area (TPSA) is 46.5 Å². The fourth-order valence-corrected chi connectivity index (χ4v) is 3.00. The highest BCUT2D eigenvalue weighted by molar-refractivity contribution is 6.30. The van der Waals surface area contributed by atoms with Gasteiger partial charge in [0.2, 0.25) is 6.10 Å². The summed E-state index contributed by atoms with van der Waals surface area (Å²) in [6.45, 7) is 0. The lowest BCUT2D eigenvalue weighted by molar-refractivity contribution is -0.217. The Morgan fingerprint density at radius 2 is 1.88 bits per heavy atom. The second-order valence-electron chi connectivity index (χ2n) is 5.79. The van der Waals surface area contributed by atoms with Crippen LogP contribution in [0.3, 0.4) is 0 Å². The van der Waals surface area contributed by atoms with Crippen LogP contribution in [0, 0.1) is 17.8 Å². The molecule has 1 heterocycles. The van der Waals surface area contributed by atoms with Crippen LogP contribution in [0.4, 0.5) is 13.2 Å². The van der Waals surface area contributed by atoms with Crippen LogP contribution in [0.2, 0.25) is 5.02 Å². The molecule has 0 bridgehead atoms. The van der Waals surface area contributed by atoms with Crippen molar-refractivity contribution in [2.45, 2.75) is 18.7 Å². The van der Waals surface area contributed by atoms with Crippen LogP contribution in [0.15, 0.2) is 42.5 Å². The number of rotatable bonds is 1. The molecule has 2 aromatic rings. The van der Waals surface area contributed by atoms with Gasteiger partial charge < -0.3 is 9.84 Å². The summed E-state index contributed by atoms with van der Waals surface area (Å²) in [5.41, 5.74) is 1.16. The molecule has 134 valence electrons. The molecule has 0 aliphatic carbocycles. The predicted octanol–water partition coefficient (Wildman–Crippen LogP) is 4.31. The molecule has 1 N–H and O–H groups in total. The summed E-state index contributed by atoms with van der Waals surface area (Å²) in [6, 6.07) is 11.7. The normalized spacial score (nSPS) is 18.9. The molecule has 0 amide bonds. The Hall–Kier alpha value is -2.65. The smallest absolute Gasteiger partial charge is 0.426 e. The van der Waals surface area contributed by atoms with Gasteiger partial charge >= 0.3 is 12.1 Å². The van der Waals surface area contributed by atoms with Crippen LogP contribution in [0.25, 0.3) is 0 Å². The molecule has 0 radical (unpaired) electrons. The number of hydrogen-bond donors (Lipinski definition) is 1. The number of hydrogen-bond acceptors (Lipinski definition) is 2. The second kappa shape index (κ2) is 6.93. The first-order valence-electron chi connectivity index (χ1n) is 7.61. The number of halogens is 4. The Bertz CT molecular complexity index is 898. The minimum Gasteiger partial charge on any atom is -0.481 e. The van der Waals surface area contributed by atoms with Crippen molar-refractivity contribution < 1.29 is 27.8 Å². The van der Waals surface area contributed by atoms with Crippen molar-refractivity contribution in [2.75, 3.05) is 0 Å². The van der Waals surface area contributed by atoms with Crippen LogP contribution >= 0.6 is 11.6 Å². The molecule has 0 saturated carbocycles. The summed E-state index contributed by atoms with van der Waals surface area (Å²) in [6.07, 6.45) is -7.59. The Morgan fingerprint density at radius 3 is 2.50 bits per heavy atom. The van der Waals surface area contributed by atoms with Crippen LogP contribution in [-0.2, 0) is 11.2 Å². The van der Waals surface area contributed by atoms with E-state index in [0.29, 0.717) is 11.1 Å². The average Bonchev–Trinajstić information content (AvgIpc) is 2.58. The van der Waals surface area contributed by atoms with Crippen LogP contribution in [-0.4, -0.2) is 23.4 Å². The highest BCUT2D eigenvalue weighted by atomic mass is 35.5. The van der Waals surface area contributed by atoms with Gasteiger partial charge in [0.25, 0.3) is 0 Å². The Kier molecular flexibility index (Phi) is 4.84. The van der Waals surface area contributed by atoms with Crippen LogP contribution in [0.5, 0.6) is 5.75 Å². The standard InChI is InChI=1S/C19H12ClF3O3/c20-14-8-12(7-6-11-4-2-1-3-5-11)16-13(9-14)10-15(18(24)25)17(26-16)19(21,22)23/h1-5,8-9,15,17H,10H2,(H,24,25)/t15-,17+/m1/s1. The molecule has 26 heavy (non-hydrogen) atoms. The van der Waals surface area contributed by atoms with E-state index in [1.807, 2.05) is 6.07 Å². The molecule has 0 saturated heterocycles. The lowest BCUT2D eigenvalue weighted by Crippen LogP contribution is -2.47. The van der Waals surface area contributed by atoms with Crippen molar-refractivity contribution in [2.24, 2.45) is 5.92 Å². The molecule has 2 aromatic carbocycles. The van der Waals surface area contributed by atoms with E-state index >= 15 is 0 Å². The molecule has 0 aromatic heterocycles. The molecular weight excluding hydrogens is 369 g/mol. The van der Waals surface area contributed by atoms with Crippen LogP contribution < -0.4 is 4.74 Å². The maximum Gasteiger partial charge on any atom is 0.426 e. The quantitative estimate of drug-likeness (QED) is 0.750. The second-order valence-corrected chi connectivity index (χ2v) is 6.22. The van der Waals surface area contributed by atoms with Gasteiger partial charge in [-0.3, -0.25) is 4.79 Å². The molecule has 1 aliphatic rings. The van der Waals surface area contributed by atoms with Gasteiger partial charge in [-0.25, -0.2) is 0 Å². The van der Waals surface area contributed by atoms with Crippen molar-refractivity contribution in [3.05, 3.63) is 64.2 Å². The number of benzene rings is 2. The molecule has 2 atom stereocenters. The average molecular weight is 381 g/mol. The van der Waals surface area contributed by atoms with E-state index in [1.165, 1.54) is 12.1 Å². The monoisotopic (exact) mass is 380 g/mol. The lowest BCUT2D eigenvalue weighted by atomic mass is 9.89. The van der Waals surface area contributed by atoms with E-state index in [4.69, 9.17) is 21.4 Å². The third-order valence-corrected chi connectivity index (χ3v) is 4.15. The molecule has 3 nitrogen and oxygen atoms in total. The van der Waals surface area contributed by atoms with E-state index in [1.54, 1.807) is 24.3 Å². The van der Waals surface area contributed by atoms with E-state index in [-0.39, 0.29) is 22.8 Å². The lowest BCUT2D eigenvalue weighted by Gasteiger charge is -2.33. The number of aliphatic carboxylic acids is 1. The van der Waals surface area contributed by atoms with Gasteiger partial charge in [-0.15, -0.1) is 0 Å². The first-order valence-corrected chi connectivity index (χ1v) is 7.99. The minimum absolute atomic E-state index is 0.0716. The molecular formula is C19H12ClF3O3. The Morgan fingerprint density at radius 1 is 1.19 bits per heavy atom. The molecule has 0 unspecified atom stereocenters. The predicted molar refractivity (Wildman–Crippen MR) is 89.2 cm³/mol. The number of carboxylic acids is 1. The van der Waals surface area contributed by atoms with Gasteiger partial charge in [0, 0.05) is 10.6 Å². The number of carbonyl (C=O) groups is 1. The van der Waals surface area contributed by atoms with Crippen molar-refractivity contribution in [1.29, 1.82) is 0 Å². The van der Waals surface area contributed by atoms with Gasteiger partial charge in [-0.2, -0.15) is 13.2 Å². The first-order chi connectivity index (χ1) is 12.3. The van der Waals surface area contributed by atoms with Gasteiger partial charge in [-0.1, -0.05) is 41.6 Å². The summed E-state index contributed by atoms with van der Waals surface area (Å²) in [5, 5.41) is 9.40. The minimum atomic E-state index is -4.81. The Labute approximate surface area is 152 Å². The molecule has 0 fully saturated rings. The van der Waals surface area contributed by atoms with Crippen molar-refractivity contribution in [3.8, 4) is 17.6 Å². The number of alkyl halides is 3. The summed E-state index contributed by atoms with van der Waals surface area (Å²) in [7, 11) is 0. The van der Waals surface area contributed by atoms with Gasteiger partial charge in [0.05, 0.1) is 5.56 Å². The number of fused-ring (bicyclic) bond motifs is 1. The maximum absolute atomic E-state index is 13.3. The summed E-state index contributed by atoms with van der Waals surface area (Å²) in [5.74, 6) is 2.23. The number of carboxylic acid groups (broad SMARTS) is 1. The number of ether oxygens (including phenoxy) is 1. The Balaban J connectivity index is 2.06. The van der Waals surface area contributed by atoms with Gasteiger partial charge in [-0.05, 0) is 36.2 Å². The molecule has 0 spiro atoms. The fraction of sp³-hybridized carbons (Fsp3) is 0.211. The molecule has 3 rings (SSSR count). The SMILES string of the molecule is O=C(O)[C@@H]1Cc2cc(Cl)cc(C#Cc3ccccc3)c2O[C@@H]1C(F)(F)F. The molecule has 1 aliphatic heterocycles. The van der Waals surface area contributed by atoms with E-state index < -0.39 is 24.2 Å². The highest BCUT2D eigenvalue weighted by Gasteiger charge is 2.52. The van der Waals surface area contributed by atoms with Crippen molar-refractivity contribution >= 4 is 17.6 Å². The zero-order valence-corrected chi connectivity index (χ0v) is 13.9. The van der Waals surface area contributed by atoms with Gasteiger partial charge in [0.15, 0.2) is 0 Å². The zero-order valence-electron chi connectivity index (χ0n) is 13.2. The van der Waals surface area contributed by atoms with Crippen molar-refractivity contribution in [3.63, 3.8) is 0 Å². The van der Waals surface area contributed by atoms with E-state index in [9.17, 15) is 18.0 Å². The summed E-state index contributed by atoms with van der Waals surface area (Å²) >= 11 is 6.02.